The lowest BCUT2D eigenvalue weighted by atomic mass is 10.0. The fourth-order valence-corrected chi connectivity index (χ4v) is 3.68. The second kappa shape index (κ2) is 7.21. The SMILES string of the molecule is N[C@@H]1CN(c2cccc(-c3n[nH]c4cnc(-c5cccnc5)cc34)n2)CC[C@H]1F. The molecule has 2 atom stereocenters. The fraction of sp³-hybridized carbons (Fsp3) is 0.238. The summed E-state index contributed by atoms with van der Waals surface area (Å²) in [6.07, 6.45) is 4.74. The Kier molecular flexibility index (Phi) is 4.40. The molecule has 0 spiro atoms. The van der Waals surface area contributed by atoms with Gasteiger partial charge >= 0.3 is 0 Å². The minimum absolute atomic E-state index is 0.415. The zero-order valence-corrected chi connectivity index (χ0v) is 15.7. The van der Waals surface area contributed by atoms with Gasteiger partial charge in [-0.2, -0.15) is 5.10 Å². The summed E-state index contributed by atoms with van der Waals surface area (Å²) in [5, 5.41) is 8.43. The van der Waals surface area contributed by atoms with E-state index >= 15 is 0 Å². The summed E-state index contributed by atoms with van der Waals surface area (Å²) in [6.45, 7) is 1.05. The highest BCUT2D eigenvalue weighted by atomic mass is 19.1. The van der Waals surface area contributed by atoms with E-state index in [9.17, 15) is 4.39 Å². The molecule has 146 valence electrons. The molecule has 1 fully saturated rings. The number of pyridine rings is 3. The van der Waals surface area contributed by atoms with Crippen molar-refractivity contribution >= 4 is 16.7 Å². The molecule has 0 radical (unpaired) electrons. The van der Waals surface area contributed by atoms with Crippen molar-refractivity contribution in [3.8, 4) is 22.6 Å². The Bertz CT molecular complexity index is 1140. The molecular weight excluding hydrogens is 369 g/mol. The average Bonchev–Trinajstić information content (AvgIpc) is 3.20. The summed E-state index contributed by atoms with van der Waals surface area (Å²) in [6, 6.07) is 11.1. The van der Waals surface area contributed by atoms with Gasteiger partial charge in [0.15, 0.2) is 0 Å². The second-order valence-electron chi connectivity index (χ2n) is 7.22. The van der Waals surface area contributed by atoms with Crippen LogP contribution in [-0.4, -0.2) is 50.5 Å². The maximum absolute atomic E-state index is 13.7. The summed E-state index contributed by atoms with van der Waals surface area (Å²) in [5.74, 6) is 0.780. The Hall–Kier alpha value is -3.39. The lowest BCUT2D eigenvalue weighted by Crippen LogP contribution is -2.50. The van der Waals surface area contributed by atoms with Gasteiger partial charge in [-0.05, 0) is 36.8 Å². The van der Waals surface area contributed by atoms with Gasteiger partial charge in [-0.15, -0.1) is 0 Å². The monoisotopic (exact) mass is 389 g/mol. The van der Waals surface area contributed by atoms with Gasteiger partial charge in [0.1, 0.15) is 17.7 Å². The van der Waals surface area contributed by atoms with Crippen LogP contribution >= 0.6 is 0 Å². The number of hydrogen-bond donors (Lipinski definition) is 2. The van der Waals surface area contributed by atoms with Crippen molar-refractivity contribution in [2.45, 2.75) is 18.6 Å². The first-order valence-electron chi connectivity index (χ1n) is 9.55. The smallest absolute Gasteiger partial charge is 0.129 e. The number of piperidine rings is 1. The summed E-state index contributed by atoms with van der Waals surface area (Å²) < 4.78 is 13.7. The number of H-pyrrole nitrogens is 1. The van der Waals surface area contributed by atoms with Crippen molar-refractivity contribution in [2.75, 3.05) is 18.0 Å². The minimum atomic E-state index is -0.955. The number of halogens is 1. The molecule has 0 amide bonds. The van der Waals surface area contributed by atoms with Crippen LogP contribution in [0.25, 0.3) is 33.5 Å². The molecule has 8 heteroatoms. The molecule has 4 aromatic heterocycles. The van der Waals surface area contributed by atoms with Crippen molar-refractivity contribution in [1.82, 2.24) is 25.1 Å². The van der Waals surface area contributed by atoms with Crippen LogP contribution in [0.1, 0.15) is 6.42 Å². The van der Waals surface area contributed by atoms with Crippen molar-refractivity contribution in [3.05, 3.63) is 55.0 Å². The van der Waals surface area contributed by atoms with Gasteiger partial charge in [0.2, 0.25) is 0 Å². The van der Waals surface area contributed by atoms with E-state index in [1.165, 1.54) is 0 Å². The van der Waals surface area contributed by atoms with Gasteiger partial charge in [-0.25, -0.2) is 9.37 Å². The molecule has 0 unspecified atom stereocenters. The standard InChI is InChI=1S/C21H20FN7/c22-15-6-8-29(12-16(15)23)20-5-1-4-17(26-20)21-14-9-18(13-3-2-7-24-10-13)25-11-19(14)27-28-21/h1-5,7,9-11,15-16H,6,8,12,23H2,(H,27,28)/t15-,16-/m1/s1. The van der Waals surface area contributed by atoms with Gasteiger partial charge in [0.05, 0.1) is 29.1 Å². The highest BCUT2D eigenvalue weighted by Crippen LogP contribution is 2.29. The van der Waals surface area contributed by atoms with E-state index in [1.807, 2.05) is 41.3 Å². The zero-order chi connectivity index (χ0) is 19.8. The van der Waals surface area contributed by atoms with Crippen molar-refractivity contribution < 1.29 is 4.39 Å². The molecule has 7 nitrogen and oxygen atoms in total. The Balaban J connectivity index is 1.53. The summed E-state index contributed by atoms with van der Waals surface area (Å²) in [5.41, 5.74) is 9.99. The number of rotatable bonds is 3. The number of aromatic amines is 1. The van der Waals surface area contributed by atoms with Crippen LogP contribution in [0, 0.1) is 0 Å². The molecule has 5 rings (SSSR count). The number of nitrogens with zero attached hydrogens (tertiary/aromatic N) is 5. The van der Waals surface area contributed by atoms with Crippen LogP contribution < -0.4 is 10.6 Å². The molecule has 4 aromatic rings. The Morgan fingerprint density at radius 3 is 2.90 bits per heavy atom. The predicted molar refractivity (Wildman–Crippen MR) is 110 cm³/mol. The third kappa shape index (κ3) is 3.31. The Labute approximate surface area is 166 Å². The molecule has 0 bridgehead atoms. The van der Waals surface area contributed by atoms with E-state index in [0.29, 0.717) is 19.5 Å². The minimum Gasteiger partial charge on any atom is -0.355 e. The maximum atomic E-state index is 13.7. The van der Waals surface area contributed by atoms with Crippen LogP contribution in [0.15, 0.2) is 55.0 Å². The Morgan fingerprint density at radius 2 is 2.07 bits per heavy atom. The molecule has 1 aliphatic heterocycles. The predicted octanol–water partition coefficient (Wildman–Crippen LogP) is 2.96. The number of alkyl halides is 1. The van der Waals surface area contributed by atoms with E-state index in [1.54, 1.807) is 18.6 Å². The molecule has 5 heterocycles. The number of anilines is 1. The van der Waals surface area contributed by atoms with Crippen molar-refractivity contribution in [2.24, 2.45) is 5.73 Å². The number of aromatic nitrogens is 5. The molecule has 3 N–H and O–H groups in total. The number of hydrogen-bond acceptors (Lipinski definition) is 6. The zero-order valence-electron chi connectivity index (χ0n) is 15.7. The first-order chi connectivity index (χ1) is 14.2. The molecule has 1 saturated heterocycles. The summed E-state index contributed by atoms with van der Waals surface area (Å²) in [4.78, 5) is 15.5. The third-order valence-electron chi connectivity index (χ3n) is 5.28. The lowest BCUT2D eigenvalue weighted by Gasteiger charge is -2.34. The molecule has 29 heavy (non-hydrogen) atoms. The van der Waals surface area contributed by atoms with E-state index in [-0.39, 0.29) is 0 Å². The van der Waals surface area contributed by atoms with Crippen LogP contribution in [0.3, 0.4) is 0 Å². The fourth-order valence-electron chi connectivity index (χ4n) is 3.68. The molecule has 1 aliphatic rings. The van der Waals surface area contributed by atoms with E-state index in [0.717, 1.165) is 39.4 Å². The summed E-state index contributed by atoms with van der Waals surface area (Å²) in [7, 11) is 0. The second-order valence-corrected chi connectivity index (χ2v) is 7.22. The lowest BCUT2D eigenvalue weighted by molar-refractivity contribution is 0.244. The molecule has 0 aromatic carbocycles. The van der Waals surface area contributed by atoms with E-state index in [4.69, 9.17) is 10.7 Å². The highest BCUT2D eigenvalue weighted by Gasteiger charge is 2.27. The number of nitrogens with one attached hydrogen (secondary N) is 1. The van der Waals surface area contributed by atoms with Crippen LogP contribution in [-0.2, 0) is 0 Å². The van der Waals surface area contributed by atoms with Crippen LogP contribution in [0.4, 0.5) is 10.2 Å². The van der Waals surface area contributed by atoms with Crippen molar-refractivity contribution in [1.29, 1.82) is 0 Å². The average molecular weight is 389 g/mol. The first kappa shape index (κ1) is 17.7. The van der Waals surface area contributed by atoms with Crippen LogP contribution in [0.5, 0.6) is 0 Å². The topological polar surface area (TPSA) is 96.6 Å². The van der Waals surface area contributed by atoms with Gasteiger partial charge in [-0.1, -0.05) is 6.07 Å². The molecule has 0 aliphatic carbocycles. The van der Waals surface area contributed by atoms with Gasteiger partial charge < -0.3 is 10.6 Å². The van der Waals surface area contributed by atoms with E-state index < -0.39 is 12.2 Å². The van der Waals surface area contributed by atoms with E-state index in [2.05, 4.69) is 20.2 Å². The Morgan fingerprint density at radius 1 is 1.14 bits per heavy atom. The quantitative estimate of drug-likeness (QED) is 0.559. The third-order valence-corrected chi connectivity index (χ3v) is 5.28. The van der Waals surface area contributed by atoms with Gasteiger partial charge in [0, 0.05) is 36.4 Å². The normalized spacial score (nSPS) is 19.6. The maximum Gasteiger partial charge on any atom is 0.129 e. The van der Waals surface area contributed by atoms with Crippen LogP contribution in [0.2, 0.25) is 0 Å². The largest absolute Gasteiger partial charge is 0.355 e. The first-order valence-corrected chi connectivity index (χ1v) is 9.55. The molecular formula is C21H20FN7. The highest BCUT2D eigenvalue weighted by molar-refractivity contribution is 5.93. The van der Waals surface area contributed by atoms with Crippen molar-refractivity contribution in [3.63, 3.8) is 0 Å². The molecule has 0 saturated carbocycles. The number of nitrogens with two attached hydrogens (primary N) is 1. The number of fused-ring (bicyclic) bond motifs is 1. The summed E-state index contributed by atoms with van der Waals surface area (Å²) >= 11 is 0. The van der Waals surface area contributed by atoms with Gasteiger partial charge in [0.25, 0.3) is 0 Å². The van der Waals surface area contributed by atoms with Gasteiger partial charge in [-0.3, -0.25) is 15.1 Å².